The van der Waals surface area contributed by atoms with Gasteiger partial charge in [0, 0.05) is 13.1 Å². The molecule has 0 aliphatic heterocycles. The summed E-state index contributed by atoms with van der Waals surface area (Å²) < 4.78 is 21.4. The molecule has 1 amide bonds. The normalized spacial score (nSPS) is 11.1. The van der Waals surface area contributed by atoms with Gasteiger partial charge in [0.25, 0.3) is 5.91 Å². The van der Waals surface area contributed by atoms with E-state index in [2.05, 4.69) is 15.6 Å². The largest absolute Gasteiger partial charge is 0.370 e. The molecule has 0 saturated carbocycles. The van der Waals surface area contributed by atoms with Gasteiger partial charge in [-0.25, -0.2) is 18.5 Å². The minimum Gasteiger partial charge on any atom is -0.370 e. The summed E-state index contributed by atoms with van der Waals surface area (Å²) in [6.45, 7) is 2.76. The van der Waals surface area contributed by atoms with Gasteiger partial charge < -0.3 is 10.6 Å². The Bertz CT molecular complexity index is 530. The smallest absolute Gasteiger partial charge is 0.269 e. The van der Waals surface area contributed by atoms with Crippen LogP contribution in [0.25, 0.3) is 0 Å². The number of hydrogen-bond donors (Lipinski definition) is 3. The number of rotatable bonds is 7. The Balaban J connectivity index is 2.56. The first-order valence-corrected chi connectivity index (χ1v) is 7.63. The lowest BCUT2D eigenvalue weighted by Gasteiger charge is -2.07. The van der Waals surface area contributed by atoms with E-state index < -0.39 is 15.9 Å². The van der Waals surface area contributed by atoms with Crippen molar-refractivity contribution in [2.45, 2.75) is 13.3 Å². The van der Waals surface area contributed by atoms with Crippen LogP contribution in [0.2, 0.25) is 0 Å². The van der Waals surface area contributed by atoms with Crippen molar-refractivity contribution in [1.29, 1.82) is 0 Å². The quantitative estimate of drug-likeness (QED) is 0.648. The zero-order chi connectivity index (χ0) is 14.3. The highest BCUT2D eigenvalue weighted by molar-refractivity contribution is 7.89. The summed E-state index contributed by atoms with van der Waals surface area (Å²) in [4.78, 5) is 15.8. The van der Waals surface area contributed by atoms with Crippen molar-refractivity contribution in [3.8, 4) is 0 Å². The molecule has 0 radical (unpaired) electrons. The molecule has 7 nitrogen and oxygen atoms in total. The number of amides is 1. The monoisotopic (exact) mass is 286 g/mol. The van der Waals surface area contributed by atoms with Crippen LogP contribution < -0.4 is 15.8 Å². The second-order valence-corrected chi connectivity index (χ2v) is 5.69. The maximum Gasteiger partial charge on any atom is 0.269 e. The number of carbonyl (C=O) groups is 1. The number of primary sulfonamides is 1. The van der Waals surface area contributed by atoms with Crippen LogP contribution in [0.1, 0.15) is 23.8 Å². The molecule has 0 saturated heterocycles. The molecular weight excluding hydrogens is 268 g/mol. The van der Waals surface area contributed by atoms with Gasteiger partial charge in [-0.05, 0) is 18.6 Å². The number of sulfonamides is 1. The fraction of sp³-hybridized carbons (Fsp3) is 0.455. The third kappa shape index (κ3) is 6.16. The third-order valence-corrected chi connectivity index (χ3v) is 2.98. The van der Waals surface area contributed by atoms with Crippen molar-refractivity contribution in [3.05, 3.63) is 23.9 Å². The molecule has 1 aromatic heterocycles. The molecule has 0 atom stereocenters. The average Bonchev–Trinajstić information content (AvgIpc) is 2.35. The molecule has 0 bridgehead atoms. The van der Waals surface area contributed by atoms with E-state index in [0.717, 1.165) is 13.0 Å². The van der Waals surface area contributed by atoms with E-state index in [-0.39, 0.29) is 18.0 Å². The summed E-state index contributed by atoms with van der Waals surface area (Å²) >= 11 is 0. The molecule has 1 rings (SSSR count). The Morgan fingerprint density at radius 2 is 2.11 bits per heavy atom. The van der Waals surface area contributed by atoms with E-state index in [1.807, 2.05) is 6.92 Å². The Kier molecular flexibility index (Phi) is 5.71. The summed E-state index contributed by atoms with van der Waals surface area (Å²) in [7, 11) is -3.57. The lowest BCUT2D eigenvalue weighted by atomic mass is 10.3. The van der Waals surface area contributed by atoms with E-state index in [4.69, 9.17) is 5.14 Å². The zero-order valence-corrected chi connectivity index (χ0v) is 11.5. The van der Waals surface area contributed by atoms with Crippen LogP contribution in [-0.2, 0) is 10.0 Å². The van der Waals surface area contributed by atoms with Crippen molar-refractivity contribution >= 4 is 21.7 Å². The van der Waals surface area contributed by atoms with Gasteiger partial charge >= 0.3 is 0 Å². The first kappa shape index (κ1) is 15.4. The molecular formula is C11H18N4O3S. The van der Waals surface area contributed by atoms with Crippen molar-refractivity contribution in [2.75, 3.05) is 24.2 Å². The molecule has 0 spiro atoms. The van der Waals surface area contributed by atoms with Gasteiger partial charge in [-0.1, -0.05) is 13.0 Å². The second kappa shape index (κ2) is 7.05. The van der Waals surface area contributed by atoms with Crippen LogP contribution in [0.15, 0.2) is 18.2 Å². The highest BCUT2D eigenvalue weighted by Crippen LogP contribution is 2.04. The van der Waals surface area contributed by atoms with E-state index in [1.54, 1.807) is 18.2 Å². The van der Waals surface area contributed by atoms with Crippen molar-refractivity contribution in [2.24, 2.45) is 5.14 Å². The second-order valence-electron chi connectivity index (χ2n) is 3.96. The van der Waals surface area contributed by atoms with Crippen LogP contribution >= 0.6 is 0 Å². The zero-order valence-electron chi connectivity index (χ0n) is 10.7. The van der Waals surface area contributed by atoms with Crippen LogP contribution in [0.3, 0.4) is 0 Å². The first-order chi connectivity index (χ1) is 8.92. The fourth-order valence-corrected chi connectivity index (χ4v) is 1.70. The molecule has 1 aromatic rings. The Labute approximate surface area is 112 Å². The molecule has 0 fully saturated rings. The van der Waals surface area contributed by atoms with Crippen molar-refractivity contribution < 1.29 is 13.2 Å². The molecule has 19 heavy (non-hydrogen) atoms. The van der Waals surface area contributed by atoms with Crippen LogP contribution in [-0.4, -0.2) is 38.2 Å². The number of hydrogen-bond acceptors (Lipinski definition) is 5. The summed E-state index contributed by atoms with van der Waals surface area (Å²) in [5, 5.41) is 10.3. The van der Waals surface area contributed by atoms with Gasteiger partial charge in [0.2, 0.25) is 10.0 Å². The highest BCUT2D eigenvalue weighted by atomic mass is 32.2. The predicted molar refractivity (Wildman–Crippen MR) is 73.3 cm³/mol. The highest BCUT2D eigenvalue weighted by Gasteiger charge is 2.09. The van der Waals surface area contributed by atoms with Crippen LogP contribution in [0.4, 0.5) is 5.82 Å². The summed E-state index contributed by atoms with van der Waals surface area (Å²) in [6, 6.07) is 5.03. The van der Waals surface area contributed by atoms with E-state index in [9.17, 15) is 13.2 Å². The van der Waals surface area contributed by atoms with Crippen LogP contribution in [0.5, 0.6) is 0 Å². The van der Waals surface area contributed by atoms with E-state index in [1.165, 1.54) is 0 Å². The maximum atomic E-state index is 11.7. The summed E-state index contributed by atoms with van der Waals surface area (Å²) in [5.41, 5.74) is 0.232. The van der Waals surface area contributed by atoms with Crippen molar-refractivity contribution in [1.82, 2.24) is 10.3 Å². The van der Waals surface area contributed by atoms with Gasteiger partial charge in [0.1, 0.15) is 11.5 Å². The topological polar surface area (TPSA) is 114 Å². The molecule has 0 aliphatic carbocycles. The van der Waals surface area contributed by atoms with E-state index in [0.29, 0.717) is 5.82 Å². The van der Waals surface area contributed by atoms with Crippen molar-refractivity contribution in [3.63, 3.8) is 0 Å². The number of carbonyl (C=O) groups excluding carboxylic acids is 1. The van der Waals surface area contributed by atoms with Gasteiger partial charge in [0.05, 0.1) is 5.75 Å². The molecule has 1 heterocycles. The minimum atomic E-state index is -3.57. The third-order valence-electron chi connectivity index (χ3n) is 2.21. The molecule has 0 aromatic carbocycles. The Morgan fingerprint density at radius 3 is 2.74 bits per heavy atom. The maximum absolute atomic E-state index is 11.7. The minimum absolute atomic E-state index is 0.0358. The Hall–Kier alpha value is -1.67. The summed E-state index contributed by atoms with van der Waals surface area (Å²) in [6.07, 6.45) is 0.951. The van der Waals surface area contributed by atoms with Gasteiger partial charge in [0.15, 0.2) is 0 Å². The van der Waals surface area contributed by atoms with Gasteiger partial charge in [-0.15, -0.1) is 0 Å². The number of pyridine rings is 1. The van der Waals surface area contributed by atoms with E-state index >= 15 is 0 Å². The number of anilines is 1. The lowest BCUT2D eigenvalue weighted by Crippen LogP contribution is -2.32. The summed E-state index contributed by atoms with van der Waals surface area (Å²) in [5.74, 6) is -0.114. The number of aromatic nitrogens is 1. The molecule has 0 aliphatic rings. The molecule has 0 unspecified atom stereocenters. The number of nitrogens with one attached hydrogen (secondary N) is 2. The lowest BCUT2D eigenvalue weighted by molar-refractivity contribution is 0.0951. The fourth-order valence-electron chi connectivity index (χ4n) is 1.31. The molecule has 8 heteroatoms. The predicted octanol–water partition coefficient (Wildman–Crippen LogP) is -0.0782. The van der Waals surface area contributed by atoms with Gasteiger partial charge in [-0.3, -0.25) is 4.79 Å². The first-order valence-electron chi connectivity index (χ1n) is 5.92. The number of nitrogens with zero attached hydrogens (tertiary/aromatic N) is 1. The standard InChI is InChI=1S/C11H18N4O3S/c1-2-6-13-10-5-3-4-9(15-10)11(16)14-7-8-19(12,17)18/h3-5H,2,6-8H2,1H3,(H,13,15)(H,14,16)(H2,12,17,18). The SMILES string of the molecule is CCCNc1cccc(C(=O)NCCS(N)(=O)=O)n1. The molecule has 4 N–H and O–H groups in total. The Morgan fingerprint density at radius 1 is 1.37 bits per heavy atom. The van der Waals surface area contributed by atoms with Crippen LogP contribution in [0, 0.1) is 0 Å². The van der Waals surface area contributed by atoms with Gasteiger partial charge in [-0.2, -0.15) is 0 Å². The molecule has 106 valence electrons. The average molecular weight is 286 g/mol. The number of nitrogens with two attached hydrogens (primary N) is 1.